The highest BCUT2D eigenvalue weighted by Crippen LogP contribution is 2.31. The molecule has 2 aromatic heterocycles. The van der Waals surface area contributed by atoms with Gasteiger partial charge in [-0.15, -0.1) is 0 Å². The van der Waals surface area contributed by atoms with Gasteiger partial charge in [0.05, 0.1) is 28.8 Å². The molecule has 0 aliphatic heterocycles. The quantitative estimate of drug-likeness (QED) is 0.132. The lowest BCUT2D eigenvalue weighted by Crippen LogP contribution is -2.36. The predicted molar refractivity (Wildman–Crippen MR) is 160 cm³/mol. The van der Waals surface area contributed by atoms with Crippen molar-refractivity contribution in [2.45, 2.75) is 31.9 Å². The van der Waals surface area contributed by atoms with Crippen LogP contribution in [0.4, 0.5) is 5.69 Å². The Morgan fingerprint density at radius 1 is 1.05 bits per heavy atom. The van der Waals surface area contributed by atoms with Gasteiger partial charge in [-0.25, -0.2) is 13.4 Å². The average Bonchev–Trinajstić information content (AvgIpc) is 3.35. The minimum Gasteiger partial charge on any atom is -0.486 e. The second-order valence-electron chi connectivity index (χ2n) is 9.32. The number of carbonyl (C=O) groups excluding carboxylic acids is 1. The summed E-state index contributed by atoms with van der Waals surface area (Å²) in [6.07, 6.45) is 1.53. The number of pyridine rings is 1. The molecule has 0 spiro atoms. The number of rotatable bonds is 11. The van der Waals surface area contributed by atoms with E-state index >= 15 is 0 Å². The number of amidine groups is 1. The van der Waals surface area contributed by atoms with E-state index in [0.717, 1.165) is 9.82 Å². The van der Waals surface area contributed by atoms with Crippen molar-refractivity contribution in [1.82, 2.24) is 14.5 Å². The van der Waals surface area contributed by atoms with Crippen molar-refractivity contribution >= 4 is 49.5 Å². The van der Waals surface area contributed by atoms with E-state index in [9.17, 15) is 13.2 Å². The monoisotopic (exact) mass is 586 g/mol. The molecule has 2 heterocycles. The fraction of sp³-hybridized carbons (Fsp3) is 0.200. The number of benzene rings is 3. The van der Waals surface area contributed by atoms with E-state index in [1.807, 2.05) is 11.5 Å². The number of sulfonamides is 1. The topological polar surface area (TPSA) is 153 Å². The molecule has 0 unspecified atom stereocenters. The minimum absolute atomic E-state index is 0.0195. The second kappa shape index (κ2) is 11.9. The van der Waals surface area contributed by atoms with Gasteiger partial charge < -0.3 is 19.8 Å². The highest BCUT2D eigenvalue weighted by Gasteiger charge is 2.30. The fourth-order valence-corrected chi connectivity index (χ4v) is 6.28. The molecule has 12 heteroatoms. The van der Waals surface area contributed by atoms with Gasteiger partial charge in [0.1, 0.15) is 35.5 Å². The van der Waals surface area contributed by atoms with Crippen LogP contribution in [0, 0.1) is 5.41 Å². The van der Waals surface area contributed by atoms with Gasteiger partial charge in [-0.2, -0.15) is 0 Å². The van der Waals surface area contributed by atoms with E-state index in [1.54, 1.807) is 73.7 Å². The molecule has 0 saturated heterocycles. The Morgan fingerprint density at radius 3 is 2.52 bits per heavy atom. The number of nitrogens with zero attached hydrogens (tertiary/aromatic N) is 4. The molecule has 0 aliphatic rings. The summed E-state index contributed by atoms with van der Waals surface area (Å²) in [5.74, 6) is 0.517. The van der Waals surface area contributed by atoms with Crippen LogP contribution in [0.3, 0.4) is 0 Å². The van der Waals surface area contributed by atoms with Gasteiger partial charge in [-0.05, 0) is 68.4 Å². The summed E-state index contributed by atoms with van der Waals surface area (Å²) in [6.45, 7) is 3.99. The molecular weight excluding hydrogens is 556 g/mol. The molecule has 5 aromatic rings. The smallest absolute Gasteiger partial charge is 0.326 e. The summed E-state index contributed by atoms with van der Waals surface area (Å²) >= 11 is 0. The summed E-state index contributed by atoms with van der Waals surface area (Å²) in [5, 5.41) is 8.20. The lowest BCUT2D eigenvalue weighted by atomic mass is 10.2. The molecule has 0 bridgehead atoms. The van der Waals surface area contributed by atoms with Gasteiger partial charge in [0, 0.05) is 23.7 Å². The summed E-state index contributed by atoms with van der Waals surface area (Å²) < 4.78 is 42.2. The maximum absolute atomic E-state index is 14.1. The number of nitrogens with one attached hydrogen (secondary N) is 1. The molecule has 42 heavy (non-hydrogen) atoms. The van der Waals surface area contributed by atoms with Crippen molar-refractivity contribution in [3.63, 3.8) is 0 Å². The third-order valence-corrected chi connectivity index (χ3v) is 8.50. The summed E-state index contributed by atoms with van der Waals surface area (Å²) in [5.41, 5.74) is 8.02. The number of imidazole rings is 1. The predicted octanol–water partition coefficient (Wildman–Crippen LogP) is 4.23. The van der Waals surface area contributed by atoms with Gasteiger partial charge in [-0.3, -0.25) is 19.5 Å². The highest BCUT2D eigenvalue weighted by molar-refractivity contribution is 7.93. The van der Waals surface area contributed by atoms with Crippen LogP contribution in [0.2, 0.25) is 0 Å². The number of hydrogen-bond donors (Lipinski definition) is 2. The van der Waals surface area contributed by atoms with Crippen molar-refractivity contribution in [2.24, 2.45) is 5.73 Å². The van der Waals surface area contributed by atoms with Crippen LogP contribution in [-0.4, -0.2) is 47.9 Å². The number of anilines is 1. The van der Waals surface area contributed by atoms with Crippen LogP contribution < -0.4 is 14.8 Å². The van der Waals surface area contributed by atoms with Crippen LogP contribution in [0.25, 0.3) is 21.9 Å². The first-order valence-electron chi connectivity index (χ1n) is 13.3. The van der Waals surface area contributed by atoms with Crippen LogP contribution in [0.1, 0.15) is 25.2 Å². The first kappa shape index (κ1) is 28.6. The number of aromatic nitrogens is 3. The van der Waals surface area contributed by atoms with Gasteiger partial charge in [0.2, 0.25) is 0 Å². The SMILES string of the molecule is CCOC(=O)CN(c1ccc2c(c1)nc(COc1ccc(C(=N)N)cc1)n2CC)S(=O)(=O)c1cccc2cccnc12. The third kappa shape index (κ3) is 5.61. The van der Waals surface area contributed by atoms with Crippen molar-refractivity contribution in [1.29, 1.82) is 5.41 Å². The molecule has 216 valence electrons. The van der Waals surface area contributed by atoms with Crippen molar-refractivity contribution < 1.29 is 22.7 Å². The maximum Gasteiger partial charge on any atom is 0.326 e. The van der Waals surface area contributed by atoms with E-state index in [1.165, 1.54) is 12.3 Å². The molecule has 0 atom stereocenters. The number of aryl methyl sites for hydroxylation is 1. The van der Waals surface area contributed by atoms with Crippen molar-refractivity contribution in [2.75, 3.05) is 17.5 Å². The molecule has 11 nitrogen and oxygen atoms in total. The van der Waals surface area contributed by atoms with Gasteiger partial charge in [0.15, 0.2) is 0 Å². The number of para-hydroxylation sites is 1. The molecule has 3 N–H and O–H groups in total. The molecule has 0 aliphatic carbocycles. The molecule has 0 radical (unpaired) electrons. The lowest BCUT2D eigenvalue weighted by molar-refractivity contribution is -0.141. The Balaban J connectivity index is 1.52. The van der Waals surface area contributed by atoms with Gasteiger partial charge in [-0.1, -0.05) is 18.2 Å². The fourth-order valence-electron chi connectivity index (χ4n) is 4.71. The zero-order chi connectivity index (χ0) is 29.9. The lowest BCUT2D eigenvalue weighted by Gasteiger charge is -2.24. The average molecular weight is 587 g/mol. The molecule has 0 fully saturated rings. The van der Waals surface area contributed by atoms with Crippen LogP contribution >= 0.6 is 0 Å². The first-order chi connectivity index (χ1) is 20.2. The summed E-state index contributed by atoms with van der Waals surface area (Å²) in [6, 6.07) is 20.4. The zero-order valence-corrected chi connectivity index (χ0v) is 24.0. The molecular formula is C30H30N6O5S. The van der Waals surface area contributed by atoms with Crippen LogP contribution in [-0.2, 0) is 32.7 Å². The van der Waals surface area contributed by atoms with E-state index in [2.05, 4.69) is 4.98 Å². The Morgan fingerprint density at radius 2 is 1.81 bits per heavy atom. The molecule has 0 saturated carbocycles. The number of carbonyl (C=O) groups is 1. The van der Waals surface area contributed by atoms with Crippen molar-refractivity contribution in [3.8, 4) is 5.75 Å². The Bertz CT molecular complexity index is 1880. The third-order valence-electron chi connectivity index (χ3n) is 6.69. The number of ether oxygens (including phenoxy) is 2. The number of fused-ring (bicyclic) bond motifs is 2. The normalized spacial score (nSPS) is 11.5. The molecule has 5 rings (SSSR count). The maximum atomic E-state index is 14.1. The van der Waals surface area contributed by atoms with Gasteiger partial charge in [0.25, 0.3) is 10.0 Å². The van der Waals surface area contributed by atoms with E-state index in [0.29, 0.717) is 40.1 Å². The largest absolute Gasteiger partial charge is 0.486 e. The number of nitrogen functional groups attached to an aromatic ring is 1. The van der Waals surface area contributed by atoms with Crippen LogP contribution in [0.15, 0.2) is 83.9 Å². The van der Waals surface area contributed by atoms with E-state index in [-0.39, 0.29) is 29.6 Å². The number of nitrogens with two attached hydrogens (primary N) is 1. The first-order valence-corrected chi connectivity index (χ1v) is 14.8. The summed E-state index contributed by atoms with van der Waals surface area (Å²) in [4.78, 5) is 21.6. The highest BCUT2D eigenvalue weighted by atomic mass is 32.2. The Hall–Kier alpha value is -4.97. The standard InChI is InChI=1S/C30H30N6O5S/c1-3-35-25-15-12-22(17-24(25)34-27(35)19-41-23-13-10-21(11-14-23)30(31)32)36(18-28(37)40-4-2)42(38,39)26-9-5-7-20-8-6-16-33-29(20)26/h5-17H,3-4,18-19H2,1-2H3,(H3,31,32). The molecule has 3 aromatic carbocycles. The van der Waals surface area contributed by atoms with Gasteiger partial charge >= 0.3 is 5.97 Å². The van der Waals surface area contributed by atoms with Crippen LogP contribution in [0.5, 0.6) is 5.75 Å². The number of hydrogen-bond acceptors (Lipinski definition) is 8. The van der Waals surface area contributed by atoms with E-state index < -0.39 is 22.5 Å². The van der Waals surface area contributed by atoms with Crippen molar-refractivity contribution in [3.05, 3.63) is 90.4 Å². The Kier molecular flexibility index (Phi) is 8.07. The number of esters is 1. The second-order valence-corrected chi connectivity index (χ2v) is 11.2. The van der Waals surface area contributed by atoms with E-state index in [4.69, 9.17) is 25.6 Å². The minimum atomic E-state index is -4.24. The molecule has 0 amide bonds. The summed E-state index contributed by atoms with van der Waals surface area (Å²) in [7, 11) is -4.24. The Labute approximate surface area is 243 Å². The zero-order valence-electron chi connectivity index (χ0n) is 23.1.